The predicted octanol–water partition coefficient (Wildman–Crippen LogP) is 1.12. The SMILES string of the molecule is CC(C)CONS(=O)(=O)CCCCl. The summed E-state index contributed by atoms with van der Waals surface area (Å²) in [5, 5.41) is 0. The highest BCUT2D eigenvalue weighted by atomic mass is 35.5. The number of hydrogen-bond acceptors (Lipinski definition) is 3. The first kappa shape index (κ1) is 13.2. The van der Waals surface area contributed by atoms with Gasteiger partial charge in [0.1, 0.15) is 0 Å². The van der Waals surface area contributed by atoms with Crippen LogP contribution in [0.15, 0.2) is 0 Å². The second kappa shape index (κ2) is 6.59. The normalized spacial score (nSPS) is 12.3. The molecule has 80 valence electrons. The van der Waals surface area contributed by atoms with Crippen molar-refractivity contribution in [3.05, 3.63) is 0 Å². The molecule has 0 saturated carbocycles. The molecule has 0 saturated heterocycles. The van der Waals surface area contributed by atoms with Gasteiger partial charge in [0.15, 0.2) is 0 Å². The number of alkyl halides is 1. The third-order valence-corrected chi connectivity index (χ3v) is 2.61. The van der Waals surface area contributed by atoms with Crippen molar-refractivity contribution >= 4 is 21.6 Å². The van der Waals surface area contributed by atoms with E-state index in [-0.39, 0.29) is 5.75 Å². The fourth-order valence-electron chi connectivity index (χ4n) is 0.577. The van der Waals surface area contributed by atoms with Gasteiger partial charge in [0.05, 0.1) is 12.4 Å². The number of rotatable bonds is 7. The molecule has 0 spiro atoms. The van der Waals surface area contributed by atoms with Crippen molar-refractivity contribution in [3.63, 3.8) is 0 Å². The Morgan fingerprint density at radius 2 is 2.08 bits per heavy atom. The average Bonchev–Trinajstić information content (AvgIpc) is 2.00. The monoisotopic (exact) mass is 229 g/mol. The molecule has 6 heteroatoms. The Bertz CT molecular complexity index is 216. The lowest BCUT2D eigenvalue weighted by molar-refractivity contribution is 0.0719. The molecule has 0 aliphatic carbocycles. The number of halogens is 1. The smallest absolute Gasteiger partial charge is 0.233 e. The molecular formula is C7H16ClNO3S. The molecule has 0 radical (unpaired) electrons. The lowest BCUT2D eigenvalue weighted by atomic mass is 10.2. The summed E-state index contributed by atoms with van der Waals surface area (Å²) in [5.41, 5.74) is 0. The van der Waals surface area contributed by atoms with E-state index < -0.39 is 10.0 Å². The fraction of sp³-hybridized carbons (Fsp3) is 1.00. The minimum atomic E-state index is -3.30. The molecule has 0 aromatic carbocycles. The fourth-order valence-corrected chi connectivity index (χ4v) is 1.72. The van der Waals surface area contributed by atoms with E-state index in [4.69, 9.17) is 16.4 Å². The molecule has 0 bridgehead atoms. The molecule has 13 heavy (non-hydrogen) atoms. The highest BCUT2D eigenvalue weighted by molar-refractivity contribution is 7.89. The topological polar surface area (TPSA) is 55.4 Å². The van der Waals surface area contributed by atoms with E-state index in [9.17, 15) is 8.42 Å². The molecule has 0 rings (SSSR count). The summed E-state index contributed by atoms with van der Waals surface area (Å²) in [6.45, 7) is 4.25. The second-order valence-corrected chi connectivity index (χ2v) is 5.33. The molecule has 0 aliphatic rings. The Hall–Kier alpha value is 0.160. The zero-order chi connectivity index (χ0) is 10.3. The van der Waals surface area contributed by atoms with Crippen molar-refractivity contribution in [2.24, 2.45) is 5.92 Å². The van der Waals surface area contributed by atoms with Gasteiger partial charge in [-0.1, -0.05) is 18.7 Å². The summed E-state index contributed by atoms with van der Waals surface area (Å²) in [6, 6.07) is 0. The maximum Gasteiger partial charge on any atom is 0.233 e. The van der Waals surface area contributed by atoms with E-state index in [1.807, 2.05) is 18.7 Å². The molecule has 0 unspecified atom stereocenters. The van der Waals surface area contributed by atoms with Crippen molar-refractivity contribution in [1.29, 1.82) is 0 Å². The maximum absolute atomic E-state index is 11.1. The third-order valence-electron chi connectivity index (χ3n) is 1.15. The number of sulfonamides is 1. The van der Waals surface area contributed by atoms with Gasteiger partial charge in [0, 0.05) is 5.88 Å². The quantitative estimate of drug-likeness (QED) is 0.526. The van der Waals surface area contributed by atoms with Crippen molar-refractivity contribution in [1.82, 2.24) is 4.89 Å². The maximum atomic E-state index is 11.1. The van der Waals surface area contributed by atoms with Crippen LogP contribution in [0.4, 0.5) is 0 Å². The molecule has 0 aliphatic heterocycles. The standard InChI is InChI=1S/C7H16ClNO3S/c1-7(2)6-12-9-13(10,11)5-3-4-8/h7,9H,3-6H2,1-2H3. The Labute approximate surface area is 84.6 Å². The highest BCUT2D eigenvalue weighted by Crippen LogP contribution is 1.94. The Kier molecular flexibility index (Phi) is 6.67. The highest BCUT2D eigenvalue weighted by Gasteiger charge is 2.09. The summed E-state index contributed by atoms with van der Waals surface area (Å²) in [6.07, 6.45) is 0.432. The van der Waals surface area contributed by atoms with Gasteiger partial charge in [-0.2, -0.15) is 0 Å². The van der Waals surface area contributed by atoms with Crippen LogP contribution >= 0.6 is 11.6 Å². The molecule has 0 amide bonds. The van der Waals surface area contributed by atoms with Crippen LogP contribution in [0.3, 0.4) is 0 Å². The van der Waals surface area contributed by atoms with Gasteiger partial charge < -0.3 is 0 Å². The van der Waals surface area contributed by atoms with E-state index in [2.05, 4.69) is 0 Å². The summed E-state index contributed by atoms with van der Waals surface area (Å²) in [7, 11) is -3.30. The zero-order valence-electron chi connectivity index (χ0n) is 7.92. The van der Waals surface area contributed by atoms with Gasteiger partial charge in [-0.3, -0.25) is 4.84 Å². The molecule has 0 heterocycles. The third kappa shape index (κ3) is 8.49. The van der Waals surface area contributed by atoms with Gasteiger partial charge in [-0.05, 0) is 12.3 Å². The molecule has 0 aromatic heterocycles. The summed E-state index contributed by atoms with van der Waals surface area (Å²) in [5.74, 6) is 0.649. The zero-order valence-corrected chi connectivity index (χ0v) is 9.49. The lowest BCUT2D eigenvalue weighted by Crippen LogP contribution is -2.28. The Morgan fingerprint density at radius 1 is 1.46 bits per heavy atom. The van der Waals surface area contributed by atoms with Crippen LogP contribution in [0.25, 0.3) is 0 Å². The second-order valence-electron chi connectivity index (χ2n) is 3.15. The first-order chi connectivity index (χ1) is 5.98. The van der Waals surface area contributed by atoms with E-state index in [0.29, 0.717) is 24.8 Å². The minimum Gasteiger partial charge on any atom is -0.287 e. The van der Waals surface area contributed by atoms with Crippen LogP contribution in [0.1, 0.15) is 20.3 Å². The number of nitrogens with one attached hydrogen (secondary N) is 1. The summed E-state index contributed by atoms with van der Waals surface area (Å²) < 4.78 is 22.2. The van der Waals surface area contributed by atoms with Gasteiger partial charge in [0.2, 0.25) is 10.0 Å². The van der Waals surface area contributed by atoms with Gasteiger partial charge in [-0.15, -0.1) is 11.6 Å². The van der Waals surface area contributed by atoms with E-state index >= 15 is 0 Å². The first-order valence-electron chi connectivity index (χ1n) is 4.15. The van der Waals surface area contributed by atoms with E-state index in [1.165, 1.54) is 0 Å². The van der Waals surface area contributed by atoms with Crippen molar-refractivity contribution in [3.8, 4) is 0 Å². The van der Waals surface area contributed by atoms with Crippen LogP contribution in [0, 0.1) is 5.92 Å². The molecule has 4 nitrogen and oxygen atoms in total. The average molecular weight is 230 g/mol. The van der Waals surface area contributed by atoms with Gasteiger partial charge in [0.25, 0.3) is 0 Å². The largest absolute Gasteiger partial charge is 0.287 e. The molecule has 1 N–H and O–H groups in total. The first-order valence-corrected chi connectivity index (χ1v) is 6.34. The van der Waals surface area contributed by atoms with Gasteiger partial charge in [-0.25, -0.2) is 8.42 Å². The van der Waals surface area contributed by atoms with Crippen LogP contribution in [-0.4, -0.2) is 26.7 Å². The van der Waals surface area contributed by atoms with E-state index in [1.54, 1.807) is 0 Å². The van der Waals surface area contributed by atoms with Crippen molar-refractivity contribution < 1.29 is 13.3 Å². The van der Waals surface area contributed by atoms with Crippen LogP contribution in [0.5, 0.6) is 0 Å². The minimum absolute atomic E-state index is 0.00853. The summed E-state index contributed by atoms with van der Waals surface area (Å²) in [4.78, 5) is 6.81. The van der Waals surface area contributed by atoms with Crippen LogP contribution in [-0.2, 0) is 14.9 Å². The van der Waals surface area contributed by atoms with Crippen LogP contribution < -0.4 is 4.89 Å². The lowest BCUT2D eigenvalue weighted by Gasteiger charge is -2.07. The Morgan fingerprint density at radius 3 is 2.54 bits per heavy atom. The van der Waals surface area contributed by atoms with Crippen LogP contribution in [0.2, 0.25) is 0 Å². The Balaban J connectivity index is 3.64. The molecular weight excluding hydrogens is 214 g/mol. The molecule has 0 fully saturated rings. The number of hydrogen-bond donors (Lipinski definition) is 1. The summed E-state index contributed by atoms with van der Waals surface area (Å²) >= 11 is 5.36. The predicted molar refractivity (Wildman–Crippen MR) is 53.0 cm³/mol. The van der Waals surface area contributed by atoms with Crippen molar-refractivity contribution in [2.75, 3.05) is 18.2 Å². The van der Waals surface area contributed by atoms with E-state index in [0.717, 1.165) is 0 Å². The molecule has 0 aromatic rings. The van der Waals surface area contributed by atoms with Crippen molar-refractivity contribution in [2.45, 2.75) is 20.3 Å². The van der Waals surface area contributed by atoms with Gasteiger partial charge >= 0.3 is 0 Å². The molecule has 0 atom stereocenters.